The molecule has 0 radical (unpaired) electrons. The molecule has 106 valence electrons. The van der Waals surface area contributed by atoms with E-state index in [4.69, 9.17) is 4.74 Å². The highest BCUT2D eigenvalue weighted by Crippen LogP contribution is 2.19. The smallest absolute Gasteiger partial charge is 0.122 e. The summed E-state index contributed by atoms with van der Waals surface area (Å²) in [6.07, 6.45) is 0. The second-order valence-electron chi connectivity index (χ2n) is 5.74. The second-order valence-corrected chi connectivity index (χ2v) is 5.74. The second kappa shape index (κ2) is 6.92. The lowest BCUT2D eigenvalue weighted by atomic mass is 10.1. The highest BCUT2D eigenvalue weighted by atomic mass is 16.5. The summed E-state index contributed by atoms with van der Waals surface area (Å²) in [7, 11) is 0. The molecule has 0 aliphatic carbocycles. The molecule has 1 aromatic rings. The van der Waals surface area contributed by atoms with Crippen LogP contribution in [-0.4, -0.2) is 44.2 Å². The summed E-state index contributed by atoms with van der Waals surface area (Å²) < 4.78 is 5.98. The predicted octanol–water partition coefficient (Wildman–Crippen LogP) is 2.22. The van der Waals surface area contributed by atoms with Crippen molar-refractivity contribution in [1.82, 2.24) is 10.2 Å². The van der Waals surface area contributed by atoms with Crippen molar-refractivity contribution in [2.24, 2.45) is 5.92 Å². The summed E-state index contributed by atoms with van der Waals surface area (Å²) in [6.45, 7) is 13.0. The first-order valence-corrected chi connectivity index (χ1v) is 7.28. The van der Waals surface area contributed by atoms with Crippen LogP contribution >= 0.6 is 0 Å². The molecule has 0 saturated carbocycles. The Morgan fingerprint density at radius 1 is 1.26 bits per heavy atom. The number of piperazine rings is 1. The Morgan fingerprint density at radius 3 is 2.74 bits per heavy atom. The van der Waals surface area contributed by atoms with Crippen molar-refractivity contribution in [2.45, 2.75) is 20.8 Å². The van der Waals surface area contributed by atoms with Gasteiger partial charge in [-0.2, -0.15) is 0 Å². The summed E-state index contributed by atoms with van der Waals surface area (Å²) in [4.78, 5) is 2.52. The van der Waals surface area contributed by atoms with Crippen molar-refractivity contribution in [1.29, 1.82) is 0 Å². The van der Waals surface area contributed by atoms with E-state index >= 15 is 0 Å². The summed E-state index contributed by atoms with van der Waals surface area (Å²) in [6, 6.07) is 6.39. The maximum absolute atomic E-state index is 5.98. The van der Waals surface area contributed by atoms with Gasteiger partial charge in [-0.15, -0.1) is 0 Å². The molecule has 1 fully saturated rings. The van der Waals surface area contributed by atoms with Crippen molar-refractivity contribution >= 4 is 0 Å². The lowest BCUT2D eigenvalue weighted by Crippen LogP contribution is -2.45. The fourth-order valence-electron chi connectivity index (χ4n) is 2.48. The number of rotatable bonds is 5. The van der Waals surface area contributed by atoms with Gasteiger partial charge in [0.25, 0.3) is 0 Å². The van der Waals surface area contributed by atoms with Crippen LogP contribution in [0.3, 0.4) is 0 Å². The fourth-order valence-corrected chi connectivity index (χ4v) is 2.48. The Balaban J connectivity index is 1.79. The van der Waals surface area contributed by atoms with Gasteiger partial charge in [0.2, 0.25) is 0 Å². The van der Waals surface area contributed by atoms with Crippen molar-refractivity contribution in [3.8, 4) is 5.75 Å². The minimum Gasteiger partial charge on any atom is -0.493 e. The summed E-state index contributed by atoms with van der Waals surface area (Å²) in [5.41, 5.74) is 2.48. The van der Waals surface area contributed by atoms with E-state index in [1.807, 2.05) is 0 Å². The summed E-state index contributed by atoms with van der Waals surface area (Å²) in [5.74, 6) is 1.60. The Kier molecular flexibility index (Phi) is 5.23. The van der Waals surface area contributed by atoms with Crippen LogP contribution in [0.25, 0.3) is 0 Å². The Morgan fingerprint density at radius 2 is 2.00 bits per heavy atom. The lowest BCUT2D eigenvalue weighted by Gasteiger charge is -2.29. The number of nitrogens with one attached hydrogen (secondary N) is 1. The molecule has 2 rings (SSSR count). The highest BCUT2D eigenvalue weighted by molar-refractivity contribution is 5.35. The van der Waals surface area contributed by atoms with Gasteiger partial charge in [0.05, 0.1) is 6.61 Å². The molecule has 0 spiro atoms. The van der Waals surface area contributed by atoms with E-state index in [1.165, 1.54) is 11.1 Å². The predicted molar refractivity (Wildman–Crippen MR) is 79.9 cm³/mol. The summed E-state index contributed by atoms with van der Waals surface area (Å²) in [5, 5.41) is 3.39. The van der Waals surface area contributed by atoms with Gasteiger partial charge in [0.15, 0.2) is 0 Å². The fraction of sp³-hybridized carbons (Fsp3) is 0.625. The quantitative estimate of drug-likeness (QED) is 0.880. The van der Waals surface area contributed by atoms with Crippen molar-refractivity contribution < 1.29 is 4.74 Å². The van der Waals surface area contributed by atoms with Gasteiger partial charge in [-0.05, 0) is 31.0 Å². The number of benzene rings is 1. The standard InChI is InChI=1S/C16H26N2O/c1-13-4-5-15(3)16(10-13)19-12-14(2)11-18-8-6-17-7-9-18/h4-5,10,14,17H,6-9,11-12H2,1-3H3. The van der Waals surface area contributed by atoms with Crippen LogP contribution in [0, 0.1) is 19.8 Å². The molecule has 0 amide bonds. The first-order chi connectivity index (χ1) is 9.15. The van der Waals surface area contributed by atoms with Crippen LogP contribution in [-0.2, 0) is 0 Å². The van der Waals surface area contributed by atoms with Gasteiger partial charge in [0, 0.05) is 38.6 Å². The maximum Gasteiger partial charge on any atom is 0.122 e. The average Bonchev–Trinajstić information content (AvgIpc) is 2.41. The third-order valence-corrected chi connectivity index (χ3v) is 3.65. The zero-order valence-electron chi connectivity index (χ0n) is 12.4. The van der Waals surface area contributed by atoms with Gasteiger partial charge >= 0.3 is 0 Å². The first kappa shape index (κ1) is 14.4. The first-order valence-electron chi connectivity index (χ1n) is 7.28. The van der Waals surface area contributed by atoms with E-state index in [0.717, 1.165) is 45.1 Å². The summed E-state index contributed by atoms with van der Waals surface area (Å²) >= 11 is 0. The van der Waals surface area contributed by atoms with Crippen LogP contribution in [0.5, 0.6) is 5.75 Å². The molecule has 1 saturated heterocycles. The molecule has 1 heterocycles. The Bertz CT molecular complexity index is 400. The molecule has 19 heavy (non-hydrogen) atoms. The van der Waals surface area contributed by atoms with Crippen molar-refractivity contribution in [3.63, 3.8) is 0 Å². The zero-order chi connectivity index (χ0) is 13.7. The monoisotopic (exact) mass is 262 g/mol. The molecule has 3 heteroatoms. The van der Waals surface area contributed by atoms with E-state index in [9.17, 15) is 0 Å². The molecule has 1 N–H and O–H groups in total. The molecular weight excluding hydrogens is 236 g/mol. The zero-order valence-corrected chi connectivity index (χ0v) is 12.4. The third kappa shape index (κ3) is 4.51. The molecular formula is C16H26N2O. The molecule has 1 unspecified atom stereocenters. The van der Waals surface area contributed by atoms with E-state index in [0.29, 0.717) is 5.92 Å². The maximum atomic E-state index is 5.98. The van der Waals surface area contributed by atoms with E-state index < -0.39 is 0 Å². The topological polar surface area (TPSA) is 24.5 Å². The van der Waals surface area contributed by atoms with Crippen LogP contribution in [0.4, 0.5) is 0 Å². The molecule has 1 aliphatic heterocycles. The minimum atomic E-state index is 0.568. The number of ether oxygens (including phenoxy) is 1. The van der Waals surface area contributed by atoms with Gasteiger partial charge in [-0.1, -0.05) is 19.1 Å². The third-order valence-electron chi connectivity index (χ3n) is 3.65. The van der Waals surface area contributed by atoms with Gasteiger partial charge in [-0.25, -0.2) is 0 Å². The molecule has 1 aliphatic rings. The van der Waals surface area contributed by atoms with Crippen LogP contribution < -0.4 is 10.1 Å². The Hall–Kier alpha value is -1.06. The minimum absolute atomic E-state index is 0.568. The Labute approximate surface area is 116 Å². The normalized spacial score (nSPS) is 18.3. The highest BCUT2D eigenvalue weighted by Gasteiger charge is 2.13. The van der Waals surface area contributed by atoms with Gasteiger partial charge in [0.1, 0.15) is 5.75 Å². The number of hydrogen-bond acceptors (Lipinski definition) is 3. The molecule has 0 bridgehead atoms. The number of hydrogen-bond donors (Lipinski definition) is 1. The molecule has 0 aromatic heterocycles. The lowest BCUT2D eigenvalue weighted by molar-refractivity contribution is 0.171. The van der Waals surface area contributed by atoms with E-state index in [1.54, 1.807) is 0 Å². The van der Waals surface area contributed by atoms with Gasteiger partial charge < -0.3 is 15.0 Å². The van der Waals surface area contributed by atoms with Crippen molar-refractivity contribution in [2.75, 3.05) is 39.3 Å². The van der Waals surface area contributed by atoms with E-state index in [-0.39, 0.29) is 0 Å². The number of aryl methyl sites for hydroxylation is 2. The number of nitrogens with zero attached hydrogens (tertiary/aromatic N) is 1. The van der Waals surface area contributed by atoms with Gasteiger partial charge in [-0.3, -0.25) is 0 Å². The van der Waals surface area contributed by atoms with E-state index in [2.05, 4.69) is 49.2 Å². The van der Waals surface area contributed by atoms with Crippen LogP contribution in [0.2, 0.25) is 0 Å². The van der Waals surface area contributed by atoms with Crippen LogP contribution in [0.1, 0.15) is 18.1 Å². The molecule has 3 nitrogen and oxygen atoms in total. The largest absolute Gasteiger partial charge is 0.493 e. The molecule has 1 atom stereocenters. The molecule has 1 aromatic carbocycles. The van der Waals surface area contributed by atoms with Crippen LogP contribution in [0.15, 0.2) is 18.2 Å². The SMILES string of the molecule is Cc1ccc(C)c(OCC(C)CN2CCNCC2)c1. The van der Waals surface area contributed by atoms with Crippen molar-refractivity contribution in [3.05, 3.63) is 29.3 Å². The average molecular weight is 262 g/mol.